The van der Waals surface area contributed by atoms with Crippen LogP contribution < -0.4 is 0 Å². The van der Waals surface area contributed by atoms with Gasteiger partial charge < -0.3 is 9.63 Å². The van der Waals surface area contributed by atoms with E-state index in [-0.39, 0.29) is 11.7 Å². The third kappa shape index (κ3) is 3.01. The number of hydrogen-bond donors (Lipinski definition) is 1. The Balaban J connectivity index is 2.28. The summed E-state index contributed by atoms with van der Waals surface area (Å²) in [5.74, 6) is -1.44. The molecule has 1 N–H and O–H groups in total. The molecule has 2 aromatic rings. The third-order valence-electron chi connectivity index (χ3n) is 2.75. The average molecular weight is 351 g/mol. The highest BCUT2D eigenvalue weighted by Gasteiger charge is 2.44. The Bertz CT molecular complexity index is 600. The fraction of sp³-hybridized carbons (Fsp3) is 0.333. The quantitative estimate of drug-likeness (QED) is 0.919. The zero-order chi connectivity index (χ0) is 14.9. The van der Waals surface area contributed by atoms with Crippen molar-refractivity contribution in [2.45, 2.75) is 25.1 Å². The van der Waals surface area contributed by atoms with Gasteiger partial charge >= 0.3 is 6.18 Å². The minimum atomic E-state index is -4.73. The zero-order valence-electron chi connectivity index (χ0n) is 10.2. The van der Waals surface area contributed by atoms with Crippen LogP contribution in [0.3, 0.4) is 0 Å². The van der Waals surface area contributed by atoms with Crippen LogP contribution in [0, 0.1) is 0 Å². The summed E-state index contributed by atoms with van der Waals surface area (Å²) in [5.41, 5.74) is 0.594. The molecular weight excluding hydrogens is 341 g/mol. The van der Waals surface area contributed by atoms with E-state index in [9.17, 15) is 18.3 Å². The molecule has 1 heterocycles. The van der Waals surface area contributed by atoms with Crippen LogP contribution in [0.4, 0.5) is 13.2 Å². The molecule has 0 aliphatic carbocycles. The first kappa shape index (κ1) is 15.0. The first-order valence-electron chi connectivity index (χ1n) is 5.64. The van der Waals surface area contributed by atoms with Gasteiger partial charge in [0.05, 0.1) is 5.92 Å². The topological polar surface area (TPSA) is 59.2 Å². The summed E-state index contributed by atoms with van der Waals surface area (Å²) in [4.78, 5) is 3.91. The lowest BCUT2D eigenvalue weighted by Crippen LogP contribution is -2.33. The van der Waals surface area contributed by atoms with Crippen molar-refractivity contribution in [3.05, 3.63) is 34.6 Å². The standard InChI is InChI=1S/C12H10BrF3N2O2/c1-6(9(19)12(14,15)16)11-17-10(18-20-11)7-4-2-3-5-8(7)13/h2-6,9,19H,1H3. The molecule has 0 amide bonds. The van der Waals surface area contributed by atoms with Gasteiger partial charge in [-0.25, -0.2) is 0 Å². The predicted molar refractivity (Wildman–Crippen MR) is 67.9 cm³/mol. The molecule has 1 aromatic heterocycles. The van der Waals surface area contributed by atoms with Gasteiger partial charge in [-0.1, -0.05) is 40.1 Å². The zero-order valence-corrected chi connectivity index (χ0v) is 11.8. The maximum Gasteiger partial charge on any atom is 0.415 e. The van der Waals surface area contributed by atoms with Gasteiger partial charge in [-0.05, 0) is 12.1 Å². The molecule has 0 saturated carbocycles. The van der Waals surface area contributed by atoms with Gasteiger partial charge in [-0.2, -0.15) is 18.2 Å². The summed E-state index contributed by atoms with van der Waals surface area (Å²) in [6.07, 6.45) is -7.28. The van der Waals surface area contributed by atoms with Crippen LogP contribution >= 0.6 is 15.9 Å². The Morgan fingerprint density at radius 1 is 1.30 bits per heavy atom. The molecule has 8 heteroatoms. The van der Waals surface area contributed by atoms with Crippen LogP contribution in [0.5, 0.6) is 0 Å². The molecule has 4 nitrogen and oxygen atoms in total. The van der Waals surface area contributed by atoms with E-state index in [4.69, 9.17) is 4.52 Å². The molecule has 2 rings (SSSR count). The Labute approximate surface area is 120 Å². The number of nitrogens with zero attached hydrogens (tertiary/aromatic N) is 2. The second-order valence-electron chi connectivity index (χ2n) is 4.21. The summed E-state index contributed by atoms with van der Waals surface area (Å²) < 4.78 is 42.8. The highest BCUT2D eigenvalue weighted by Crippen LogP contribution is 2.32. The minimum absolute atomic E-state index is 0.161. The van der Waals surface area contributed by atoms with Gasteiger partial charge in [-0.15, -0.1) is 0 Å². The molecule has 2 unspecified atom stereocenters. The van der Waals surface area contributed by atoms with Crippen LogP contribution in [-0.4, -0.2) is 27.5 Å². The number of aromatic nitrogens is 2. The van der Waals surface area contributed by atoms with E-state index in [0.717, 1.165) is 0 Å². The molecule has 1 aromatic carbocycles. The molecule has 0 aliphatic heterocycles. The van der Waals surface area contributed by atoms with Gasteiger partial charge in [0.25, 0.3) is 0 Å². The summed E-state index contributed by atoms with van der Waals surface area (Å²) in [6.45, 7) is 1.18. The minimum Gasteiger partial charge on any atom is -0.383 e. The van der Waals surface area contributed by atoms with Crippen molar-refractivity contribution in [2.75, 3.05) is 0 Å². The molecule has 0 spiro atoms. The maximum absolute atomic E-state index is 12.4. The molecule has 0 bridgehead atoms. The average Bonchev–Trinajstić information content (AvgIpc) is 2.86. The van der Waals surface area contributed by atoms with Crippen molar-refractivity contribution in [2.24, 2.45) is 0 Å². The largest absolute Gasteiger partial charge is 0.415 e. The lowest BCUT2D eigenvalue weighted by Gasteiger charge is -2.17. The van der Waals surface area contributed by atoms with Crippen LogP contribution in [0.2, 0.25) is 0 Å². The lowest BCUT2D eigenvalue weighted by atomic mass is 10.0. The van der Waals surface area contributed by atoms with Gasteiger partial charge in [0.1, 0.15) is 0 Å². The number of benzene rings is 1. The predicted octanol–water partition coefficient (Wildman–Crippen LogP) is 3.53. The molecule has 0 aliphatic rings. The molecule has 108 valence electrons. The fourth-order valence-electron chi connectivity index (χ4n) is 1.59. The molecule has 20 heavy (non-hydrogen) atoms. The number of halogens is 4. The van der Waals surface area contributed by atoms with Gasteiger partial charge in [0.2, 0.25) is 11.7 Å². The van der Waals surface area contributed by atoms with E-state index in [0.29, 0.717) is 10.0 Å². The number of aliphatic hydroxyl groups is 1. The first-order chi connectivity index (χ1) is 9.30. The van der Waals surface area contributed by atoms with Crippen molar-refractivity contribution >= 4 is 15.9 Å². The number of alkyl halides is 3. The Kier molecular flexibility index (Phi) is 4.14. The van der Waals surface area contributed by atoms with Gasteiger partial charge in [0, 0.05) is 10.0 Å². The molecule has 2 atom stereocenters. The summed E-state index contributed by atoms with van der Waals surface area (Å²) in [7, 11) is 0. The first-order valence-corrected chi connectivity index (χ1v) is 6.43. The second-order valence-corrected chi connectivity index (χ2v) is 5.07. The summed E-state index contributed by atoms with van der Waals surface area (Å²) in [6, 6.07) is 6.97. The van der Waals surface area contributed by atoms with E-state index >= 15 is 0 Å². The molecule has 0 radical (unpaired) electrons. The lowest BCUT2D eigenvalue weighted by molar-refractivity contribution is -0.210. The van der Waals surface area contributed by atoms with Gasteiger partial charge in [0.15, 0.2) is 6.10 Å². The maximum atomic E-state index is 12.4. The Morgan fingerprint density at radius 3 is 2.55 bits per heavy atom. The monoisotopic (exact) mass is 350 g/mol. The van der Waals surface area contributed by atoms with Crippen LogP contribution in [0.1, 0.15) is 18.7 Å². The third-order valence-corrected chi connectivity index (χ3v) is 3.45. The van der Waals surface area contributed by atoms with Crippen LogP contribution in [-0.2, 0) is 0 Å². The van der Waals surface area contributed by atoms with E-state index in [1.54, 1.807) is 24.3 Å². The van der Waals surface area contributed by atoms with Gasteiger partial charge in [-0.3, -0.25) is 0 Å². The summed E-state index contributed by atoms with van der Waals surface area (Å²) in [5, 5.41) is 12.8. The van der Waals surface area contributed by atoms with E-state index in [1.807, 2.05) is 0 Å². The Hall–Kier alpha value is -1.41. The summed E-state index contributed by atoms with van der Waals surface area (Å²) >= 11 is 3.29. The van der Waals surface area contributed by atoms with Crippen molar-refractivity contribution in [1.82, 2.24) is 10.1 Å². The normalized spacial score (nSPS) is 15.1. The second kappa shape index (κ2) is 5.53. The number of hydrogen-bond acceptors (Lipinski definition) is 4. The highest BCUT2D eigenvalue weighted by atomic mass is 79.9. The fourth-order valence-corrected chi connectivity index (χ4v) is 2.05. The number of rotatable bonds is 3. The van der Waals surface area contributed by atoms with Crippen LogP contribution in [0.15, 0.2) is 33.3 Å². The van der Waals surface area contributed by atoms with Crippen molar-refractivity contribution in [1.29, 1.82) is 0 Å². The van der Waals surface area contributed by atoms with E-state index in [2.05, 4.69) is 26.1 Å². The molecular formula is C12H10BrF3N2O2. The van der Waals surface area contributed by atoms with E-state index in [1.165, 1.54) is 6.92 Å². The number of aliphatic hydroxyl groups excluding tert-OH is 1. The van der Waals surface area contributed by atoms with Crippen molar-refractivity contribution < 1.29 is 22.8 Å². The SMILES string of the molecule is CC(c1nc(-c2ccccc2Br)no1)C(O)C(F)(F)F. The smallest absolute Gasteiger partial charge is 0.383 e. The van der Waals surface area contributed by atoms with E-state index < -0.39 is 18.2 Å². The molecule has 0 saturated heterocycles. The van der Waals surface area contributed by atoms with Crippen molar-refractivity contribution in [3.8, 4) is 11.4 Å². The highest BCUT2D eigenvalue weighted by molar-refractivity contribution is 9.10. The Morgan fingerprint density at radius 2 is 1.95 bits per heavy atom. The van der Waals surface area contributed by atoms with Crippen LogP contribution in [0.25, 0.3) is 11.4 Å². The molecule has 0 fully saturated rings. The van der Waals surface area contributed by atoms with Crippen molar-refractivity contribution in [3.63, 3.8) is 0 Å².